The molecule has 32 heavy (non-hydrogen) atoms. The highest BCUT2D eigenvalue weighted by atomic mass is 32.2. The van der Waals surface area contributed by atoms with Gasteiger partial charge in [-0.3, -0.25) is 0 Å². The molecule has 0 spiro atoms. The van der Waals surface area contributed by atoms with Gasteiger partial charge >= 0.3 is 6.03 Å². The highest BCUT2D eigenvalue weighted by Crippen LogP contribution is 2.34. The number of rotatable bonds is 7. The quantitative estimate of drug-likeness (QED) is 0.645. The molecule has 2 aliphatic heterocycles. The molecule has 10 nitrogen and oxygen atoms in total. The number of carbonyl (C=O) groups excluding carboxylic acids is 1. The first-order valence-corrected chi connectivity index (χ1v) is 11.9. The Bertz CT molecular complexity index is 1050. The van der Waals surface area contributed by atoms with Crippen LogP contribution in [-0.4, -0.2) is 71.1 Å². The van der Waals surface area contributed by atoms with Crippen molar-refractivity contribution in [1.82, 2.24) is 9.62 Å². The lowest BCUT2D eigenvalue weighted by atomic mass is 10.2. The first-order chi connectivity index (χ1) is 15.4. The SMILES string of the molecule is COc1ccc(N2CCN(S(=O)(=O)CCNC(=O)Nc3ccc4c(c3)OCO4)CC2)cc1. The summed E-state index contributed by atoms with van der Waals surface area (Å²) in [7, 11) is -1.85. The average Bonchev–Trinajstić information content (AvgIpc) is 3.27. The Balaban J connectivity index is 1.21. The molecular formula is C21H26N4O6S. The first-order valence-electron chi connectivity index (χ1n) is 10.3. The van der Waals surface area contributed by atoms with Gasteiger partial charge in [0.1, 0.15) is 5.75 Å². The second kappa shape index (κ2) is 9.53. The summed E-state index contributed by atoms with van der Waals surface area (Å²) in [6.45, 7) is 2.16. The molecule has 0 saturated carbocycles. The zero-order chi connectivity index (χ0) is 22.6. The number of nitrogens with one attached hydrogen (secondary N) is 2. The van der Waals surface area contributed by atoms with Gasteiger partial charge in [0.25, 0.3) is 0 Å². The van der Waals surface area contributed by atoms with Crippen molar-refractivity contribution < 1.29 is 27.4 Å². The molecule has 0 aromatic heterocycles. The molecule has 0 aliphatic carbocycles. The van der Waals surface area contributed by atoms with E-state index in [0.717, 1.165) is 11.4 Å². The molecule has 0 atom stereocenters. The third-order valence-corrected chi connectivity index (χ3v) is 7.22. The van der Waals surface area contributed by atoms with E-state index in [4.69, 9.17) is 14.2 Å². The molecule has 1 saturated heterocycles. The molecule has 2 N–H and O–H groups in total. The topological polar surface area (TPSA) is 109 Å². The molecule has 2 heterocycles. The van der Waals surface area contributed by atoms with E-state index in [-0.39, 0.29) is 19.1 Å². The van der Waals surface area contributed by atoms with Crippen LogP contribution in [0.3, 0.4) is 0 Å². The largest absolute Gasteiger partial charge is 0.497 e. The predicted octanol–water partition coefficient (Wildman–Crippen LogP) is 1.70. The van der Waals surface area contributed by atoms with Gasteiger partial charge in [0, 0.05) is 50.2 Å². The number of fused-ring (bicyclic) bond motifs is 1. The summed E-state index contributed by atoms with van der Waals surface area (Å²) < 4.78 is 42.5. The molecule has 11 heteroatoms. The van der Waals surface area contributed by atoms with E-state index in [2.05, 4.69) is 15.5 Å². The van der Waals surface area contributed by atoms with Crippen molar-refractivity contribution in [3.8, 4) is 17.2 Å². The van der Waals surface area contributed by atoms with Crippen LogP contribution in [0.1, 0.15) is 0 Å². The highest BCUT2D eigenvalue weighted by molar-refractivity contribution is 7.89. The van der Waals surface area contributed by atoms with Crippen LogP contribution >= 0.6 is 0 Å². The number of benzene rings is 2. The number of methoxy groups -OCH3 is 1. The van der Waals surface area contributed by atoms with Crippen LogP contribution in [0.4, 0.5) is 16.2 Å². The number of carbonyl (C=O) groups is 1. The second-order valence-corrected chi connectivity index (χ2v) is 9.44. The third-order valence-electron chi connectivity index (χ3n) is 5.35. The van der Waals surface area contributed by atoms with Crippen molar-refractivity contribution in [2.24, 2.45) is 0 Å². The standard InChI is InChI=1S/C21H26N4O6S/c1-29-18-5-3-17(4-6-18)24-9-11-25(12-10-24)32(27,28)13-8-22-21(26)23-16-2-7-19-20(14-16)31-15-30-19/h2-7,14H,8-13,15H2,1H3,(H2,22,23,26). The van der Waals surface area contributed by atoms with E-state index in [1.165, 1.54) is 4.31 Å². The van der Waals surface area contributed by atoms with Crippen molar-refractivity contribution in [3.05, 3.63) is 42.5 Å². The van der Waals surface area contributed by atoms with Gasteiger partial charge in [0.2, 0.25) is 16.8 Å². The summed E-state index contributed by atoms with van der Waals surface area (Å²) in [6.07, 6.45) is 0. The smallest absolute Gasteiger partial charge is 0.319 e. The number of anilines is 2. The normalized spacial score (nSPS) is 16.0. The van der Waals surface area contributed by atoms with Gasteiger partial charge in [0.15, 0.2) is 11.5 Å². The molecule has 0 unspecified atom stereocenters. The van der Waals surface area contributed by atoms with Gasteiger partial charge < -0.3 is 29.7 Å². The van der Waals surface area contributed by atoms with E-state index >= 15 is 0 Å². The second-order valence-electron chi connectivity index (χ2n) is 7.35. The molecule has 2 aliphatic rings. The number of sulfonamides is 1. The Hall–Kier alpha value is -3.18. The molecule has 172 valence electrons. The molecule has 0 bridgehead atoms. The predicted molar refractivity (Wildman–Crippen MR) is 120 cm³/mol. The lowest BCUT2D eigenvalue weighted by Crippen LogP contribution is -2.50. The number of hydrogen-bond acceptors (Lipinski definition) is 7. The van der Waals surface area contributed by atoms with Crippen molar-refractivity contribution in [3.63, 3.8) is 0 Å². The number of amides is 2. The Morgan fingerprint density at radius 2 is 1.75 bits per heavy atom. The van der Waals surface area contributed by atoms with Crippen LogP contribution in [0.5, 0.6) is 17.2 Å². The number of urea groups is 1. The average molecular weight is 463 g/mol. The first kappa shape index (κ1) is 22.0. The molecule has 4 rings (SSSR count). The lowest BCUT2D eigenvalue weighted by Gasteiger charge is -2.35. The van der Waals surface area contributed by atoms with Gasteiger partial charge in [-0.25, -0.2) is 13.2 Å². The van der Waals surface area contributed by atoms with Crippen LogP contribution < -0.4 is 29.7 Å². The van der Waals surface area contributed by atoms with Gasteiger partial charge in [-0.2, -0.15) is 4.31 Å². The fourth-order valence-electron chi connectivity index (χ4n) is 3.59. The summed E-state index contributed by atoms with van der Waals surface area (Å²) in [5, 5.41) is 5.25. The lowest BCUT2D eigenvalue weighted by molar-refractivity contribution is 0.174. The maximum atomic E-state index is 12.7. The summed E-state index contributed by atoms with van der Waals surface area (Å²) in [5.41, 5.74) is 1.56. The van der Waals surface area contributed by atoms with E-state index in [1.807, 2.05) is 24.3 Å². The molecular weight excluding hydrogens is 436 g/mol. The zero-order valence-electron chi connectivity index (χ0n) is 17.7. The van der Waals surface area contributed by atoms with Crippen LogP contribution in [0.2, 0.25) is 0 Å². The molecule has 2 amide bonds. The summed E-state index contributed by atoms with van der Waals surface area (Å²) in [6, 6.07) is 12.3. The third kappa shape index (κ3) is 5.17. The number of hydrogen-bond donors (Lipinski definition) is 2. The zero-order valence-corrected chi connectivity index (χ0v) is 18.6. The Morgan fingerprint density at radius 3 is 2.47 bits per heavy atom. The van der Waals surface area contributed by atoms with Crippen LogP contribution in [0, 0.1) is 0 Å². The van der Waals surface area contributed by atoms with E-state index in [0.29, 0.717) is 43.4 Å². The van der Waals surface area contributed by atoms with E-state index in [9.17, 15) is 13.2 Å². The maximum absolute atomic E-state index is 12.7. The fraction of sp³-hybridized carbons (Fsp3) is 0.381. The van der Waals surface area contributed by atoms with Crippen molar-refractivity contribution in [2.45, 2.75) is 0 Å². The van der Waals surface area contributed by atoms with Gasteiger partial charge in [-0.15, -0.1) is 0 Å². The van der Waals surface area contributed by atoms with Crippen LogP contribution in [-0.2, 0) is 10.0 Å². The van der Waals surface area contributed by atoms with E-state index < -0.39 is 16.1 Å². The number of piperazine rings is 1. The maximum Gasteiger partial charge on any atom is 0.319 e. The van der Waals surface area contributed by atoms with Gasteiger partial charge in [0.05, 0.1) is 12.9 Å². The van der Waals surface area contributed by atoms with Crippen LogP contribution in [0.25, 0.3) is 0 Å². The highest BCUT2D eigenvalue weighted by Gasteiger charge is 2.27. The fourth-order valence-corrected chi connectivity index (χ4v) is 4.93. The van der Waals surface area contributed by atoms with Gasteiger partial charge in [-0.05, 0) is 36.4 Å². The molecule has 2 aromatic carbocycles. The van der Waals surface area contributed by atoms with Crippen molar-refractivity contribution >= 4 is 27.4 Å². The van der Waals surface area contributed by atoms with Crippen molar-refractivity contribution in [2.75, 3.05) is 62.6 Å². The number of nitrogens with zero attached hydrogens (tertiary/aromatic N) is 2. The van der Waals surface area contributed by atoms with Gasteiger partial charge in [-0.1, -0.05) is 0 Å². The number of ether oxygens (including phenoxy) is 3. The molecule has 1 fully saturated rings. The van der Waals surface area contributed by atoms with Crippen molar-refractivity contribution in [1.29, 1.82) is 0 Å². The minimum atomic E-state index is -3.47. The Labute approximate surface area is 187 Å². The monoisotopic (exact) mass is 462 g/mol. The Kier molecular flexibility index (Phi) is 6.56. The van der Waals surface area contributed by atoms with Crippen LogP contribution in [0.15, 0.2) is 42.5 Å². The molecule has 0 radical (unpaired) electrons. The summed E-state index contributed by atoms with van der Waals surface area (Å²) >= 11 is 0. The van der Waals surface area contributed by atoms with E-state index in [1.54, 1.807) is 25.3 Å². The Morgan fingerprint density at radius 1 is 1.03 bits per heavy atom. The summed E-state index contributed by atoms with van der Waals surface area (Å²) in [4.78, 5) is 14.2. The minimum Gasteiger partial charge on any atom is -0.497 e. The summed E-state index contributed by atoms with van der Waals surface area (Å²) in [5.74, 6) is 1.79. The molecule has 2 aromatic rings. The minimum absolute atomic E-state index is 0.0113.